The van der Waals surface area contributed by atoms with Gasteiger partial charge in [0.25, 0.3) is 0 Å². The Bertz CT molecular complexity index is 577. The zero-order valence-electron chi connectivity index (χ0n) is 12.1. The summed E-state index contributed by atoms with van der Waals surface area (Å²) in [5.41, 5.74) is 4.77. The van der Waals surface area contributed by atoms with Gasteiger partial charge in [0.15, 0.2) is 0 Å². The molecule has 1 heterocycles. The van der Waals surface area contributed by atoms with Crippen LogP contribution in [0.15, 0.2) is 30.5 Å². The molecule has 20 heavy (non-hydrogen) atoms. The third kappa shape index (κ3) is 3.05. The lowest BCUT2D eigenvalue weighted by Gasteiger charge is -2.17. The van der Waals surface area contributed by atoms with E-state index in [2.05, 4.69) is 24.4 Å². The quantitative estimate of drug-likeness (QED) is 0.652. The first-order valence-corrected chi connectivity index (χ1v) is 6.78. The molecule has 108 valence electrons. The Kier molecular flexibility index (Phi) is 4.52. The standard InChI is InChI=1S/C15H21FN4/c1-10(2)20-8-7-12(19-20)9-14(18-17)13-6-4-5-11(3)15(13)16/h4-8,10,14,18H,9,17H2,1-3H3. The van der Waals surface area contributed by atoms with E-state index in [1.54, 1.807) is 19.1 Å². The number of nitrogens with one attached hydrogen (secondary N) is 1. The Labute approximate surface area is 118 Å². The van der Waals surface area contributed by atoms with Crippen LogP contribution in [0.3, 0.4) is 0 Å². The normalized spacial score (nSPS) is 12.9. The maximum atomic E-state index is 14.2. The summed E-state index contributed by atoms with van der Waals surface area (Å²) < 4.78 is 16.0. The van der Waals surface area contributed by atoms with Crippen molar-refractivity contribution in [3.63, 3.8) is 0 Å². The van der Waals surface area contributed by atoms with Gasteiger partial charge >= 0.3 is 0 Å². The van der Waals surface area contributed by atoms with Gasteiger partial charge in [-0.1, -0.05) is 18.2 Å². The number of hydrogen-bond donors (Lipinski definition) is 2. The molecule has 4 nitrogen and oxygen atoms in total. The average Bonchev–Trinajstić information content (AvgIpc) is 2.88. The summed E-state index contributed by atoms with van der Waals surface area (Å²) in [6.45, 7) is 5.88. The molecule has 0 radical (unpaired) electrons. The van der Waals surface area contributed by atoms with Gasteiger partial charge in [0, 0.05) is 24.2 Å². The topological polar surface area (TPSA) is 55.9 Å². The van der Waals surface area contributed by atoms with Gasteiger partial charge in [-0.15, -0.1) is 0 Å². The fraction of sp³-hybridized carbons (Fsp3) is 0.400. The van der Waals surface area contributed by atoms with E-state index in [-0.39, 0.29) is 11.9 Å². The number of benzene rings is 1. The molecule has 2 aromatic rings. The molecule has 5 heteroatoms. The van der Waals surface area contributed by atoms with Crippen molar-refractivity contribution in [2.45, 2.75) is 39.3 Å². The Hall–Kier alpha value is -1.72. The molecule has 0 saturated heterocycles. The number of nitrogens with zero attached hydrogens (tertiary/aromatic N) is 2. The van der Waals surface area contributed by atoms with Gasteiger partial charge in [0.2, 0.25) is 0 Å². The first-order valence-electron chi connectivity index (χ1n) is 6.78. The number of nitrogens with two attached hydrogens (primary N) is 1. The summed E-state index contributed by atoms with van der Waals surface area (Å²) in [4.78, 5) is 0. The van der Waals surface area contributed by atoms with E-state index in [9.17, 15) is 4.39 Å². The van der Waals surface area contributed by atoms with Crippen molar-refractivity contribution >= 4 is 0 Å². The van der Waals surface area contributed by atoms with Crippen LogP contribution >= 0.6 is 0 Å². The Morgan fingerprint density at radius 2 is 2.10 bits per heavy atom. The highest BCUT2D eigenvalue weighted by Crippen LogP contribution is 2.22. The summed E-state index contributed by atoms with van der Waals surface area (Å²) >= 11 is 0. The van der Waals surface area contributed by atoms with Crippen LogP contribution < -0.4 is 11.3 Å². The first-order chi connectivity index (χ1) is 9.52. The van der Waals surface area contributed by atoms with Crippen LogP contribution in [0.4, 0.5) is 4.39 Å². The van der Waals surface area contributed by atoms with Crippen molar-refractivity contribution in [1.82, 2.24) is 15.2 Å². The molecule has 0 aliphatic carbocycles. The molecule has 1 aromatic heterocycles. The second-order valence-electron chi connectivity index (χ2n) is 5.28. The third-order valence-electron chi connectivity index (χ3n) is 3.40. The molecule has 0 fully saturated rings. The Morgan fingerprint density at radius 1 is 1.35 bits per heavy atom. The second-order valence-corrected chi connectivity index (χ2v) is 5.28. The molecule has 1 atom stereocenters. The summed E-state index contributed by atoms with van der Waals surface area (Å²) in [5.74, 6) is 5.38. The predicted octanol–water partition coefficient (Wildman–Crippen LogP) is 2.66. The summed E-state index contributed by atoms with van der Waals surface area (Å²) in [6, 6.07) is 7.31. The number of aryl methyl sites for hydroxylation is 1. The molecule has 0 bridgehead atoms. The molecule has 2 rings (SSSR count). The van der Waals surface area contributed by atoms with Gasteiger partial charge in [-0.3, -0.25) is 16.0 Å². The van der Waals surface area contributed by atoms with E-state index in [0.29, 0.717) is 23.6 Å². The predicted molar refractivity (Wildman–Crippen MR) is 77.5 cm³/mol. The van der Waals surface area contributed by atoms with Crippen molar-refractivity contribution in [1.29, 1.82) is 0 Å². The lowest BCUT2D eigenvalue weighted by molar-refractivity contribution is 0.489. The van der Waals surface area contributed by atoms with Gasteiger partial charge in [-0.2, -0.15) is 5.10 Å². The molecule has 1 unspecified atom stereocenters. The minimum atomic E-state index is -0.287. The lowest BCUT2D eigenvalue weighted by atomic mass is 10.00. The average molecular weight is 276 g/mol. The van der Waals surface area contributed by atoms with Crippen molar-refractivity contribution in [3.05, 3.63) is 53.1 Å². The monoisotopic (exact) mass is 276 g/mol. The van der Waals surface area contributed by atoms with Crippen LogP contribution in [0.5, 0.6) is 0 Å². The number of hydrazine groups is 1. The van der Waals surface area contributed by atoms with Gasteiger partial charge in [0.1, 0.15) is 5.82 Å². The highest BCUT2D eigenvalue weighted by molar-refractivity contribution is 5.28. The van der Waals surface area contributed by atoms with Gasteiger partial charge in [-0.05, 0) is 32.4 Å². The number of hydrogen-bond acceptors (Lipinski definition) is 3. The maximum Gasteiger partial charge on any atom is 0.130 e. The van der Waals surface area contributed by atoms with E-state index in [0.717, 1.165) is 5.69 Å². The van der Waals surface area contributed by atoms with E-state index < -0.39 is 0 Å². The SMILES string of the molecule is Cc1cccc(C(Cc2ccn(C(C)C)n2)NN)c1F. The molecule has 0 amide bonds. The Morgan fingerprint density at radius 3 is 2.70 bits per heavy atom. The van der Waals surface area contributed by atoms with Gasteiger partial charge in [-0.25, -0.2) is 4.39 Å². The maximum absolute atomic E-state index is 14.2. The number of rotatable bonds is 5. The van der Waals surface area contributed by atoms with Crippen LogP contribution in [0.2, 0.25) is 0 Å². The molecule has 3 N–H and O–H groups in total. The minimum Gasteiger partial charge on any atom is -0.271 e. The van der Waals surface area contributed by atoms with Crippen LogP contribution in [0, 0.1) is 12.7 Å². The van der Waals surface area contributed by atoms with Crippen molar-refractivity contribution < 1.29 is 4.39 Å². The minimum absolute atomic E-state index is 0.209. The third-order valence-corrected chi connectivity index (χ3v) is 3.40. The fourth-order valence-corrected chi connectivity index (χ4v) is 2.18. The molecular weight excluding hydrogens is 255 g/mol. The van der Waals surface area contributed by atoms with E-state index in [1.807, 2.05) is 23.0 Å². The molecule has 0 aliphatic rings. The van der Waals surface area contributed by atoms with E-state index >= 15 is 0 Å². The van der Waals surface area contributed by atoms with Crippen LogP contribution in [0.1, 0.15) is 42.8 Å². The zero-order valence-corrected chi connectivity index (χ0v) is 12.1. The molecular formula is C15H21FN4. The zero-order chi connectivity index (χ0) is 14.7. The van der Waals surface area contributed by atoms with Gasteiger partial charge < -0.3 is 0 Å². The van der Waals surface area contributed by atoms with Crippen molar-refractivity contribution in [3.8, 4) is 0 Å². The number of halogens is 1. The fourth-order valence-electron chi connectivity index (χ4n) is 2.18. The highest BCUT2D eigenvalue weighted by atomic mass is 19.1. The first kappa shape index (κ1) is 14.7. The van der Waals surface area contributed by atoms with E-state index in [4.69, 9.17) is 5.84 Å². The summed E-state index contributed by atoms with van der Waals surface area (Å²) in [7, 11) is 0. The smallest absolute Gasteiger partial charge is 0.130 e. The van der Waals surface area contributed by atoms with Crippen molar-refractivity contribution in [2.24, 2.45) is 5.84 Å². The van der Waals surface area contributed by atoms with E-state index in [1.165, 1.54) is 0 Å². The van der Waals surface area contributed by atoms with Crippen LogP contribution in [-0.4, -0.2) is 9.78 Å². The van der Waals surface area contributed by atoms with Gasteiger partial charge in [0.05, 0.1) is 11.7 Å². The second kappa shape index (κ2) is 6.15. The Balaban J connectivity index is 2.22. The summed E-state index contributed by atoms with van der Waals surface area (Å²) in [5, 5.41) is 4.47. The molecule has 1 aromatic carbocycles. The van der Waals surface area contributed by atoms with Crippen LogP contribution in [-0.2, 0) is 6.42 Å². The largest absolute Gasteiger partial charge is 0.271 e. The lowest BCUT2D eigenvalue weighted by Crippen LogP contribution is -2.30. The summed E-state index contributed by atoms with van der Waals surface area (Å²) in [6.07, 6.45) is 2.48. The van der Waals surface area contributed by atoms with Crippen molar-refractivity contribution in [2.75, 3.05) is 0 Å². The number of aromatic nitrogens is 2. The molecule has 0 spiro atoms. The molecule has 0 saturated carbocycles. The highest BCUT2D eigenvalue weighted by Gasteiger charge is 2.17. The van der Waals surface area contributed by atoms with Crippen LogP contribution in [0.25, 0.3) is 0 Å². The molecule has 0 aliphatic heterocycles.